The quantitative estimate of drug-likeness (QED) is 0.551. The van der Waals surface area contributed by atoms with Crippen LogP contribution in [-0.4, -0.2) is 65.0 Å². The minimum atomic E-state index is -1.18. The van der Waals surface area contributed by atoms with Gasteiger partial charge >= 0.3 is 12.2 Å². The third-order valence-corrected chi connectivity index (χ3v) is 4.66. The number of likely N-dealkylation sites (tertiary alicyclic amines) is 1. The lowest BCUT2D eigenvalue weighted by molar-refractivity contribution is -0.132. The molecule has 32 heavy (non-hydrogen) atoms. The predicted octanol–water partition coefficient (Wildman–Crippen LogP) is 1.79. The number of alkyl carbamates (subject to hydrolysis) is 2. The van der Waals surface area contributed by atoms with E-state index in [0.717, 1.165) is 5.56 Å². The highest BCUT2D eigenvalue weighted by Crippen LogP contribution is 2.18. The Morgan fingerprint density at radius 2 is 1.94 bits per heavy atom. The van der Waals surface area contributed by atoms with E-state index in [2.05, 4.69) is 22.5 Å². The number of aliphatic hydroxyl groups excluding tert-OH is 1. The largest absolute Gasteiger partial charge is 0.445 e. The van der Waals surface area contributed by atoms with Crippen LogP contribution in [0.25, 0.3) is 0 Å². The molecule has 9 nitrogen and oxygen atoms in total. The monoisotopic (exact) mass is 445 g/mol. The summed E-state index contributed by atoms with van der Waals surface area (Å²) in [6, 6.07) is 7.63. The highest BCUT2D eigenvalue weighted by atomic mass is 16.6. The summed E-state index contributed by atoms with van der Waals surface area (Å²) in [5, 5.41) is 15.6. The van der Waals surface area contributed by atoms with Crippen LogP contribution in [0.2, 0.25) is 0 Å². The summed E-state index contributed by atoms with van der Waals surface area (Å²) in [6.45, 7) is 7.08. The number of carbonyl (C=O) groups excluding carboxylic acids is 3. The highest BCUT2D eigenvalue weighted by molar-refractivity contribution is 5.88. The maximum absolute atomic E-state index is 12.9. The summed E-state index contributed by atoms with van der Waals surface area (Å²) in [4.78, 5) is 38.4. The number of rotatable bonds is 7. The average molecular weight is 446 g/mol. The Morgan fingerprint density at radius 1 is 1.25 bits per heavy atom. The zero-order valence-corrected chi connectivity index (χ0v) is 18.9. The van der Waals surface area contributed by atoms with Crippen LogP contribution in [0, 0.1) is 11.8 Å². The van der Waals surface area contributed by atoms with Crippen LogP contribution in [0.15, 0.2) is 30.3 Å². The molecule has 1 fully saturated rings. The van der Waals surface area contributed by atoms with E-state index in [9.17, 15) is 19.5 Å². The molecule has 1 heterocycles. The van der Waals surface area contributed by atoms with Crippen LogP contribution in [0.5, 0.6) is 0 Å². The summed E-state index contributed by atoms with van der Waals surface area (Å²) in [5.41, 5.74) is 0.145. The van der Waals surface area contributed by atoms with E-state index in [-0.39, 0.29) is 25.6 Å². The maximum atomic E-state index is 12.9. The molecule has 0 aliphatic carbocycles. The van der Waals surface area contributed by atoms with E-state index in [1.165, 1.54) is 4.90 Å². The van der Waals surface area contributed by atoms with Gasteiger partial charge in [0.15, 0.2) is 0 Å². The Balaban J connectivity index is 1.96. The molecule has 3 N–H and O–H groups in total. The minimum Gasteiger partial charge on any atom is -0.445 e. The number of aliphatic hydroxyl groups is 1. The zero-order valence-electron chi connectivity index (χ0n) is 18.9. The standard InChI is InChI=1S/C23H31N3O6/c1-5-9-19(27)18(14-24-21(29)31-15-16-10-7-6-8-11-16)26-13-12-17(20(26)28)25-22(30)32-23(2,3)4/h6-8,10-11,17-19,27H,12-15H2,1-4H3,(H,24,29)(H,25,30)/t17-,18-,19+/m0/s1. The van der Waals surface area contributed by atoms with Crippen molar-refractivity contribution in [1.82, 2.24) is 15.5 Å². The zero-order chi connectivity index (χ0) is 23.7. The third kappa shape index (κ3) is 7.78. The number of hydrogen-bond donors (Lipinski definition) is 3. The van der Waals surface area contributed by atoms with E-state index in [0.29, 0.717) is 6.42 Å². The van der Waals surface area contributed by atoms with Crippen molar-refractivity contribution in [2.75, 3.05) is 13.1 Å². The first-order chi connectivity index (χ1) is 15.1. The van der Waals surface area contributed by atoms with Crippen LogP contribution < -0.4 is 10.6 Å². The smallest absolute Gasteiger partial charge is 0.408 e. The first-order valence-electron chi connectivity index (χ1n) is 10.5. The highest BCUT2D eigenvalue weighted by Gasteiger charge is 2.39. The molecule has 1 aliphatic heterocycles. The van der Waals surface area contributed by atoms with E-state index in [4.69, 9.17) is 9.47 Å². The van der Waals surface area contributed by atoms with Gasteiger partial charge in [-0.3, -0.25) is 4.79 Å². The second-order valence-corrected chi connectivity index (χ2v) is 8.37. The molecule has 3 atom stereocenters. The van der Waals surface area contributed by atoms with Gasteiger partial charge in [-0.05, 0) is 39.7 Å². The van der Waals surface area contributed by atoms with Gasteiger partial charge in [-0.2, -0.15) is 0 Å². The summed E-state index contributed by atoms with van der Waals surface area (Å²) < 4.78 is 10.4. The molecule has 3 amide bonds. The second kappa shape index (κ2) is 11.4. The van der Waals surface area contributed by atoms with Gasteiger partial charge in [-0.25, -0.2) is 9.59 Å². The number of ether oxygens (including phenoxy) is 2. The fourth-order valence-electron chi connectivity index (χ4n) is 3.21. The van der Waals surface area contributed by atoms with Crippen molar-refractivity contribution in [2.45, 2.75) is 64.5 Å². The molecule has 2 rings (SSSR count). The lowest BCUT2D eigenvalue weighted by Crippen LogP contribution is -2.53. The predicted molar refractivity (Wildman–Crippen MR) is 117 cm³/mol. The molecular weight excluding hydrogens is 414 g/mol. The van der Waals surface area contributed by atoms with Crippen molar-refractivity contribution in [3.63, 3.8) is 0 Å². The van der Waals surface area contributed by atoms with Crippen molar-refractivity contribution in [3.05, 3.63) is 35.9 Å². The normalized spacial score (nSPS) is 17.6. The first kappa shape index (κ1) is 25.0. The summed E-state index contributed by atoms with van der Waals surface area (Å²) >= 11 is 0. The van der Waals surface area contributed by atoms with Gasteiger partial charge in [0.05, 0.1) is 6.04 Å². The number of benzene rings is 1. The number of amides is 3. The van der Waals surface area contributed by atoms with Gasteiger partial charge in [-0.15, -0.1) is 5.92 Å². The number of nitrogens with zero attached hydrogens (tertiary/aromatic N) is 1. The molecule has 9 heteroatoms. The molecule has 1 aromatic rings. The molecule has 0 radical (unpaired) electrons. The molecule has 0 aromatic heterocycles. The van der Waals surface area contributed by atoms with Crippen molar-refractivity contribution in [3.8, 4) is 11.8 Å². The molecule has 0 spiro atoms. The van der Waals surface area contributed by atoms with Gasteiger partial charge in [0.1, 0.15) is 24.4 Å². The molecule has 1 saturated heterocycles. The molecule has 1 aromatic carbocycles. The van der Waals surface area contributed by atoms with Gasteiger partial charge in [0.25, 0.3) is 0 Å². The van der Waals surface area contributed by atoms with Crippen molar-refractivity contribution < 1.29 is 29.0 Å². The van der Waals surface area contributed by atoms with Gasteiger partial charge in [-0.1, -0.05) is 36.3 Å². The first-order valence-corrected chi connectivity index (χ1v) is 10.5. The number of nitrogens with one attached hydrogen (secondary N) is 2. The average Bonchev–Trinajstić information content (AvgIpc) is 3.06. The van der Waals surface area contributed by atoms with Crippen molar-refractivity contribution >= 4 is 18.1 Å². The molecular formula is C23H31N3O6. The fraction of sp³-hybridized carbons (Fsp3) is 0.522. The van der Waals surface area contributed by atoms with Gasteiger partial charge in [0.2, 0.25) is 5.91 Å². The number of carbonyl (C=O) groups is 3. The molecule has 0 bridgehead atoms. The van der Waals surface area contributed by atoms with E-state index in [1.54, 1.807) is 27.7 Å². The fourth-order valence-corrected chi connectivity index (χ4v) is 3.21. The Morgan fingerprint density at radius 3 is 2.56 bits per heavy atom. The summed E-state index contributed by atoms with van der Waals surface area (Å²) in [5.74, 6) is 4.86. The lowest BCUT2D eigenvalue weighted by atomic mass is 10.1. The van der Waals surface area contributed by atoms with E-state index < -0.39 is 36.0 Å². The maximum Gasteiger partial charge on any atom is 0.408 e. The Bertz CT molecular complexity index is 856. The Kier molecular flexibility index (Phi) is 8.91. The Labute approximate surface area is 188 Å². The molecule has 0 saturated carbocycles. The van der Waals surface area contributed by atoms with Crippen LogP contribution in [0.3, 0.4) is 0 Å². The van der Waals surface area contributed by atoms with Gasteiger partial charge in [0, 0.05) is 13.1 Å². The van der Waals surface area contributed by atoms with E-state index >= 15 is 0 Å². The number of hydrogen-bond acceptors (Lipinski definition) is 6. The second-order valence-electron chi connectivity index (χ2n) is 8.37. The lowest BCUT2D eigenvalue weighted by Gasteiger charge is -2.30. The van der Waals surface area contributed by atoms with Crippen LogP contribution >= 0.6 is 0 Å². The molecule has 1 aliphatic rings. The van der Waals surface area contributed by atoms with Crippen LogP contribution in [0.4, 0.5) is 9.59 Å². The minimum absolute atomic E-state index is 0.0611. The van der Waals surface area contributed by atoms with Gasteiger partial charge < -0.3 is 30.1 Å². The van der Waals surface area contributed by atoms with Crippen LogP contribution in [0.1, 0.15) is 39.7 Å². The topological polar surface area (TPSA) is 117 Å². The Hall–Kier alpha value is -3.25. The summed E-state index contributed by atoms with van der Waals surface area (Å²) in [6.07, 6.45) is -2.20. The van der Waals surface area contributed by atoms with Crippen molar-refractivity contribution in [1.29, 1.82) is 0 Å². The third-order valence-electron chi connectivity index (χ3n) is 4.66. The van der Waals surface area contributed by atoms with Crippen molar-refractivity contribution in [2.24, 2.45) is 0 Å². The van der Waals surface area contributed by atoms with E-state index in [1.807, 2.05) is 30.3 Å². The molecule has 174 valence electrons. The van der Waals surface area contributed by atoms with Crippen LogP contribution in [-0.2, 0) is 20.9 Å². The molecule has 0 unspecified atom stereocenters. The summed E-state index contributed by atoms with van der Waals surface area (Å²) in [7, 11) is 0. The SMILES string of the molecule is CC#C[C@@H](O)[C@H](CNC(=O)OCc1ccccc1)N1CC[C@H](NC(=O)OC(C)(C)C)C1=O.